The summed E-state index contributed by atoms with van der Waals surface area (Å²) < 4.78 is 5.20. The number of carbonyl (C=O) groups is 1. The Kier molecular flexibility index (Phi) is 6.02. The van der Waals surface area contributed by atoms with E-state index in [4.69, 9.17) is 4.74 Å². The largest absolute Gasteiger partial charge is 0.497 e. The lowest BCUT2D eigenvalue weighted by Crippen LogP contribution is -2.46. The van der Waals surface area contributed by atoms with E-state index in [1.54, 1.807) is 7.11 Å². The van der Waals surface area contributed by atoms with Gasteiger partial charge in [0.1, 0.15) is 5.75 Å². The predicted octanol–water partition coefficient (Wildman–Crippen LogP) is 0.820. The number of rotatable bonds is 6. The van der Waals surface area contributed by atoms with Crippen molar-refractivity contribution in [3.63, 3.8) is 0 Å². The van der Waals surface area contributed by atoms with Crippen LogP contribution in [-0.4, -0.2) is 57.2 Å². The number of hydrogen-bond acceptors (Lipinski definition) is 4. The van der Waals surface area contributed by atoms with Gasteiger partial charge in [-0.15, -0.1) is 0 Å². The number of nitrogens with one attached hydrogen (secondary N) is 2. The lowest BCUT2D eigenvalue weighted by molar-refractivity contribution is -0.122. The minimum atomic E-state index is -0.164. The molecule has 0 bridgehead atoms. The van der Waals surface area contributed by atoms with Crippen LogP contribution in [0.15, 0.2) is 24.3 Å². The molecular formula is C16H25N3O2. The summed E-state index contributed by atoms with van der Waals surface area (Å²) in [5.74, 6) is 0.689. The molecule has 0 aromatic heterocycles. The number of benzene rings is 1. The second kappa shape index (κ2) is 8.00. The van der Waals surface area contributed by atoms with Crippen LogP contribution in [0.25, 0.3) is 0 Å². The fourth-order valence-corrected chi connectivity index (χ4v) is 2.49. The van der Waals surface area contributed by atoms with Gasteiger partial charge in [0.2, 0.25) is 5.91 Å². The van der Waals surface area contributed by atoms with Crippen molar-refractivity contribution in [1.82, 2.24) is 15.5 Å². The molecule has 5 nitrogen and oxygen atoms in total. The Hall–Kier alpha value is -1.59. The standard InChI is InChI=1S/C16H25N3O2/c1-13(14-4-3-5-15(12-14)21-2)16(20)18-8-11-19-9-6-17-7-10-19/h3-5,12-13,17H,6-11H2,1-2H3,(H,18,20). The first kappa shape index (κ1) is 15.8. The highest BCUT2D eigenvalue weighted by molar-refractivity contribution is 5.83. The van der Waals surface area contributed by atoms with Crippen LogP contribution in [0.3, 0.4) is 0 Å². The maximum absolute atomic E-state index is 12.2. The van der Waals surface area contributed by atoms with Crippen molar-refractivity contribution >= 4 is 5.91 Å². The Balaban J connectivity index is 1.78. The van der Waals surface area contributed by atoms with Crippen molar-refractivity contribution < 1.29 is 9.53 Å². The van der Waals surface area contributed by atoms with Crippen molar-refractivity contribution in [2.45, 2.75) is 12.8 Å². The molecule has 1 fully saturated rings. The molecule has 1 heterocycles. The second-order valence-electron chi connectivity index (χ2n) is 5.38. The highest BCUT2D eigenvalue weighted by atomic mass is 16.5. The van der Waals surface area contributed by atoms with E-state index >= 15 is 0 Å². The van der Waals surface area contributed by atoms with Gasteiger partial charge in [-0.3, -0.25) is 9.69 Å². The van der Waals surface area contributed by atoms with Crippen LogP contribution in [0.5, 0.6) is 5.75 Å². The van der Waals surface area contributed by atoms with Crippen molar-refractivity contribution in [3.05, 3.63) is 29.8 Å². The molecule has 0 saturated carbocycles. The van der Waals surface area contributed by atoms with Crippen LogP contribution in [0.1, 0.15) is 18.4 Å². The summed E-state index contributed by atoms with van der Waals surface area (Å²) in [6.45, 7) is 7.73. The molecule has 1 aliphatic rings. The maximum atomic E-state index is 12.2. The monoisotopic (exact) mass is 291 g/mol. The van der Waals surface area contributed by atoms with E-state index in [9.17, 15) is 4.79 Å². The molecule has 1 amide bonds. The fraction of sp³-hybridized carbons (Fsp3) is 0.562. The van der Waals surface area contributed by atoms with Gasteiger partial charge in [-0.2, -0.15) is 0 Å². The number of carbonyl (C=O) groups excluding carboxylic acids is 1. The van der Waals surface area contributed by atoms with Crippen LogP contribution >= 0.6 is 0 Å². The first-order valence-corrected chi connectivity index (χ1v) is 7.55. The summed E-state index contributed by atoms with van der Waals surface area (Å²) in [5, 5.41) is 6.35. The normalized spacial score (nSPS) is 17.2. The minimum Gasteiger partial charge on any atom is -0.497 e. The molecule has 1 unspecified atom stereocenters. The Bertz CT molecular complexity index is 459. The molecule has 1 aromatic carbocycles. The summed E-state index contributed by atoms with van der Waals surface area (Å²) in [6.07, 6.45) is 0. The van der Waals surface area contributed by atoms with Crippen molar-refractivity contribution in [3.8, 4) is 5.75 Å². The van der Waals surface area contributed by atoms with E-state index in [-0.39, 0.29) is 11.8 Å². The minimum absolute atomic E-state index is 0.0680. The summed E-state index contributed by atoms with van der Waals surface area (Å²) in [4.78, 5) is 14.6. The summed E-state index contributed by atoms with van der Waals surface area (Å²) in [5.41, 5.74) is 0.981. The molecule has 21 heavy (non-hydrogen) atoms. The zero-order valence-corrected chi connectivity index (χ0v) is 12.9. The van der Waals surface area contributed by atoms with E-state index in [0.717, 1.165) is 44.0 Å². The van der Waals surface area contributed by atoms with Crippen molar-refractivity contribution in [1.29, 1.82) is 0 Å². The van der Waals surface area contributed by atoms with E-state index < -0.39 is 0 Å². The average Bonchev–Trinajstić information content (AvgIpc) is 2.55. The molecule has 1 aliphatic heterocycles. The van der Waals surface area contributed by atoms with Gasteiger partial charge in [-0.1, -0.05) is 12.1 Å². The van der Waals surface area contributed by atoms with Crippen LogP contribution in [0.2, 0.25) is 0 Å². The van der Waals surface area contributed by atoms with E-state index in [2.05, 4.69) is 15.5 Å². The molecule has 0 spiro atoms. The van der Waals surface area contributed by atoms with Crippen LogP contribution in [0.4, 0.5) is 0 Å². The Morgan fingerprint density at radius 1 is 1.43 bits per heavy atom. The van der Waals surface area contributed by atoms with E-state index in [0.29, 0.717) is 6.54 Å². The second-order valence-corrected chi connectivity index (χ2v) is 5.38. The number of methoxy groups -OCH3 is 1. The Morgan fingerprint density at radius 2 is 2.19 bits per heavy atom. The van der Waals surface area contributed by atoms with Gasteiger partial charge < -0.3 is 15.4 Å². The molecule has 1 atom stereocenters. The third-order valence-electron chi connectivity index (χ3n) is 3.92. The summed E-state index contributed by atoms with van der Waals surface area (Å²) in [6, 6.07) is 7.68. The number of nitrogens with zero attached hydrogens (tertiary/aromatic N) is 1. The van der Waals surface area contributed by atoms with Gasteiger partial charge in [0.15, 0.2) is 0 Å². The van der Waals surface area contributed by atoms with Crippen LogP contribution in [-0.2, 0) is 4.79 Å². The van der Waals surface area contributed by atoms with Crippen LogP contribution < -0.4 is 15.4 Å². The first-order valence-electron chi connectivity index (χ1n) is 7.55. The highest BCUT2D eigenvalue weighted by Gasteiger charge is 2.16. The number of hydrogen-bond donors (Lipinski definition) is 2. The lowest BCUT2D eigenvalue weighted by Gasteiger charge is -2.27. The Labute approximate surface area is 126 Å². The summed E-state index contributed by atoms with van der Waals surface area (Å²) in [7, 11) is 1.64. The molecule has 2 rings (SSSR count). The quantitative estimate of drug-likeness (QED) is 0.815. The number of ether oxygens (including phenoxy) is 1. The van der Waals surface area contributed by atoms with Gasteiger partial charge in [0.05, 0.1) is 13.0 Å². The third-order valence-corrected chi connectivity index (χ3v) is 3.92. The molecular weight excluding hydrogens is 266 g/mol. The maximum Gasteiger partial charge on any atom is 0.227 e. The van der Waals surface area contributed by atoms with E-state index in [1.807, 2.05) is 31.2 Å². The average molecular weight is 291 g/mol. The predicted molar refractivity (Wildman–Crippen MR) is 83.7 cm³/mol. The SMILES string of the molecule is COc1cccc(C(C)C(=O)NCCN2CCNCC2)c1. The van der Waals surface area contributed by atoms with Crippen LogP contribution in [0, 0.1) is 0 Å². The van der Waals surface area contributed by atoms with Gasteiger partial charge in [0.25, 0.3) is 0 Å². The fourth-order valence-electron chi connectivity index (χ4n) is 2.49. The smallest absolute Gasteiger partial charge is 0.227 e. The zero-order chi connectivity index (χ0) is 15.1. The Morgan fingerprint density at radius 3 is 2.90 bits per heavy atom. The van der Waals surface area contributed by atoms with Gasteiger partial charge >= 0.3 is 0 Å². The van der Waals surface area contributed by atoms with Crippen molar-refractivity contribution in [2.75, 3.05) is 46.4 Å². The van der Waals surface area contributed by atoms with Crippen molar-refractivity contribution in [2.24, 2.45) is 0 Å². The topological polar surface area (TPSA) is 53.6 Å². The van der Waals surface area contributed by atoms with Gasteiger partial charge in [-0.05, 0) is 24.6 Å². The molecule has 5 heteroatoms. The lowest BCUT2D eigenvalue weighted by atomic mass is 10.0. The van der Waals surface area contributed by atoms with E-state index in [1.165, 1.54) is 0 Å². The number of amides is 1. The zero-order valence-electron chi connectivity index (χ0n) is 12.9. The molecule has 0 aliphatic carbocycles. The van der Waals surface area contributed by atoms with Gasteiger partial charge in [-0.25, -0.2) is 0 Å². The third kappa shape index (κ3) is 4.72. The number of piperazine rings is 1. The molecule has 1 aromatic rings. The molecule has 1 saturated heterocycles. The molecule has 116 valence electrons. The highest BCUT2D eigenvalue weighted by Crippen LogP contribution is 2.20. The van der Waals surface area contributed by atoms with Gasteiger partial charge in [0, 0.05) is 39.3 Å². The molecule has 2 N–H and O–H groups in total. The summed E-state index contributed by atoms with van der Waals surface area (Å²) >= 11 is 0. The first-order chi connectivity index (χ1) is 10.2. The molecule has 0 radical (unpaired) electrons.